The van der Waals surface area contributed by atoms with E-state index in [0.717, 1.165) is 36.7 Å². The van der Waals surface area contributed by atoms with Gasteiger partial charge in [-0.3, -0.25) is 0 Å². The number of aromatic nitrogens is 2. The monoisotopic (exact) mass is 251 g/mol. The average molecular weight is 252 g/mol. The van der Waals surface area contributed by atoms with Gasteiger partial charge in [-0.05, 0) is 31.5 Å². The highest BCUT2D eigenvalue weighted by atomic mass is 35.5. The van der Waals surface area contributed by atoms with Gasteiger partial charge in [0.1, 0.15) is 5.65 Å². The quantitative estimate of drug-likeness (QED) is 0.606. The second kappa shape index (κ2) is 6.62. The van der Waals surface area contributed by atoms with Crippen molar-refractivity contribution in [1.29, 1.82) is 0 Å². The van der Waals surface area contributed by atoms with Gasteiger partial charge in [-0.15, -0.1) is 11.6 Å². The van der Waals surface area contributed by atoms with Crippen LogP contribution in [0.25, 0.3) is 5.65 Å². The minimum absolute atomic E-state index is 0.770. The minimum atomic E-state index is 0.770. The molecular weight excluding hydrogens is 234 g/mol. The Bertz CT molecular complexity index is 420. The van der Waals surface area contributed by atoms with E-state index in [1.807, 2.05) is 28.8 Å². The van der Waals surface area contributed by atoms with Crippen molar-refractivity contribution in [2.45, 2.75) is 25.8 Å². The summed E-state index contributed by atoms with van der Waals surface area (Å²) in [7, 11) is 0. The van der Waals surface area contributed by atoms with Crippen molar-refractivity contribution in [2.24, 2.45) is 0 Å². The van der Waals surface area contributed by atoms with Gasteiger partial charge in [-0.2, -0.15) is 0 Å². The molecule has 4 heteroatoms. The molecule has 2 aromatic rings. The number of imidazole rings is 1. The van der Waals surface area contributed by atoms with Crippen LogP contribution < -0.4 is 5.32 Å². The van der Waals surface area contributed by atoms with Gasteiger partial charge in [-0.1, -0.05) is 12.5 Å². The molecule has 0 saturated carbocycles. The lowest BCUT2D eigenvalue weighted by Crippen LogP contribution is -2.14. The summed E-state index contributed by atoms with van der Waals surface area (Å²) < 4.78 is 2.05. The number of nitrogens with one attached hydrogen (secondary N) is 1. The van der Waals surface area contributed by atoms with Crippen LogP contribution in [-0.4, -0.2) is 21.8 Å². The summed E-state index contributed by atoms with van der Waals surface area (Å²) in [6, 6.07) is 6.04. The number of fused-ring (bicyclic) bond motifs is 1. The summed E-state index contributed by atoms with van der Waals surface area (Å²) in [5, 5.41) is 3.40. The molecule has 0 aliphatic heterocycles. The summed E-state index contributed by atoms with van der Waals surface area (Å²) in [6.07, 6.45) is 7.58. The van der Waals surface area contributed by atoms with Gasteiger partial charge in [0.25, 0.3) is 0 Å². The lowest BCUT2D eigenvalue weighted by atomic mass is 10.2. The van der Waals surface area contributed by atoms with E-state index in [4.69, 9.17) is 11.6 Å². The standard InChI is InChI=1S/C13H18ClN3/c14-7-3-1-4-8-15-10-12-11-17-9-5-2-6-13(17)16-12/h2,5-6,9,11,15H,1,3-4,7-8,10H2. The van der Waals surface area contributed by atoms with E-state index in [-0.39, 0.29) is 0 Å². The molecule has 0 unspecified atom stereocenters. The fourth-order valence-corrected chi connectivity index (χ4v) is 2.00. The zero-order chi connectivity index (χ0) is 11.9. The molecule has 0 spiro atoms. The number of hydrogen-bond acceptors (Lipinski definition) is 2. The first kappa shape index (κ1) is 12.4. The van der Waals surface area contributed by atoms with Crippen molar-refractivity contribution in [3.63, 3.8) is 0 Å². The first-order valence-electron chi connectivity index (χ1n) is 6.09. The van der Waals surface area contributed by atoms with E-state index in [2.05, 4.69) is 16.5 Å². The van der Waals surface area contributed by atoms with Crippen LogP contribution in [0.5, 0.6) is 0 Å². The van der Waals surface area contributed by atoms with Crippen LogP contribution in [0.2, 0.25) is 0 Å². The van der Waals surface area contributed by atoms with Gasteiger partial charge in [0.05, 0.1) is 5.69 Å². The van der Waals surface area contributed by atoms with Crippen LogP contribution >= 0.6 is 11.6 Å². The normalized spacial score (nSPS) is 11.1. The molecule has 3 nitrogen and oxygen atoms in total. The van der Waals surface area contributed by atoms with Crippen LogP contribution in [0.4, 0.5) is 0 Å². The molecule has 0 bridgehead atoms. The predicted molar refractivity (Wildman–Crippen MR) is 71.5 cm³/mol. The first-order chi connectivity index (χ1) is 8.40. The molecule has 0 aliphatic carbocycles. The van der Waals surface area contributed by atoms with Crippen LogP contribution in [0.1, 0.15) is 25.0 Å². The van der Waals surface area contributed by atoms with Gasteiger partial charge >= 0.3 is 0 Å². The Balaban J connectivity index is 1.75. The van der Waals surface area contributed by atoms with Crippen molar-refractivity contribution < 1.29 is 0 Å². The molecule has 92 valence electrons. The second-order valence-electron chi connectivity index (χ2n) is 4.12. The summed E-state index contributed by atoms with van der Waals surface area (Å²) in [5.74, 6) is 0.770. The zero-order valence-corrected chi connectivity index (χ0v) is 10.7. The third-order valence-corrected chi connectivity index (χ3v) is 2.97. The van der Waals surface area contributed by atoms with E-state index >= 15 is 0 Å². The van der Waals surface area contributed by atoms with Crippen molar-refractivity contribution in [3.8, 4) is 0 Å². The van der Waals surface area contributed by atoms with E-state index in [1.54, 1.807) is 0 Å². The predicted octanol–water partition coefficient (Wildman–Crippen LogP) is 2.83. The Hall–Kier alpha value is -1.06. The van der Waals surface area contributed by atoms with E-state index in [9.17, 15) is 0 Å². The van der Waals surface area contributed by atoms with Gasteiger partial charge in [0.2, 0.25) is 0 Å². The number of alkyl halides is 1. The summed E-state index contributed by atoms with van der Waals surface area (Å²) in [4.78, 5) is 4.53. The highest BCUT2D eigenvalue weighted by molar-refractivity contribution is 6.17. The summed E-state index contributed by atoms with van der Waals surface area (Å²) in [5.41, 5.74) is 2.10. The number of hydrogen-bond donors (Lipinski definition) is 1. The number of rotatable bonds is 7. The molecule has 1 N–H and O–H groups in total. The van der Waals surface area contributed by atoms with Crippen molar-refractivity contribution in [2.75, 3.05) is 12.4 Å². The van der Waals surface area contributed by atoms with Crippen molar-refractivity contribution in [1.82, 2.24) is 14.7 Å². The van der Waals surface area contributed by atoms with Crippen LogP contribution in [0.15, 0.2) is 30.6 Å². The maximum absolute atomic E-state index is 5.62. The van der Waals surface area contributed by atoms with Crippen molar-refractivity contribution >= 4 is 17.2 Å². The molecule has 2 rings (SSSR count). The lowest BCUT2D eigenvalue weighted by molar-refractivity contribution is 0.613. The molecule has 0 fully saturated rings. The second-order valence-corrected chi connectivity index (χ2v) is 4.50. The highest BCUT2D eigenvalue weighted by Gasteiger charge is 1.99. The molecule has 0 aromatic carbocycles. The van der Waals surface area contributed by atoms with Gasteiger partial charge < -0.3 is 9.72 Å². The number of halogens is 1. The summed E-state index contributed by atoms with van der Waals surface area (Å²) in [6.45, 7) is 1.87. The Labute approximate surface area is 107 Å². The van der Waals surface area contributed by atoms with Gasteiger partial charge in [0, 0.05) is 24.8 Å². The van der Waals surface area contributed by atoms with E-state index < -0.39 is 0 Å². The Morgan fingerprint density at radius 3 is 3.00 bits per heavy atom. The Kier molecular flexibility index (Phi) is 4.83. The molecule has 0 amide bonds. The third-order valence-electron chi connectivity index (χ3n) is 2.71. The van der Waals surface area contributed by atoms with Gasteiger partial charge in [0.15, 0.2) is 0 Å². The topological polar surface area (TPSA) is 29.3 Å². The fourth-order valence-electron chi connectivity index (χ4n) is 1.81. The van der Waals surface area contributed by atoms with E-state index in [0.29, 0.717) is 0 Å². The number of pyridine rings is 1. The Morgan fingerprint density at radius 1 is 1.24 bits per heavy atom. The molecule has 17 heavy (non-hydrogen) atoms. The summed E-state index contributed by atoms with van der Waals surface area (Å²) >= 11 is 5.62. The largest absolute Gasteiger partial charge is 0.311 e. The Morgan fingerprint density at radius 2 is 2.18 bits per heavy atom. The molecule has 0 atom stereocenters. The van der Waals surface area contributed by atoms with Crippen molar-refractivity contribution in [3.05, 3.63) is 36.3 Å². The smallest absolute Gasteiger partial charge is 0.137 e. The van der Waals surface area contributed by atoms with E-state index in [1.165, 1.54) is 12.8 Å². The highest BCUT2D eigenvalue weighted by Crippen LogP contribution is 2.04. The molecule has 2 heterocycles. The molecule has 0 aliphatic rings. The fraction of sp³-hybridized carbons (Fsp3) is 0.462. The number of unbranched alkanes of at least 4 members (excludes halogenated alkanes) is 2. The minimum Gasteiger partial charge on any atom is -0.311 e. The molecule has 2 aromatic heterocycles. The van der Waals surface area contributed by atoms with Crippen LogP contribution in [0.3, 0.4) is 0 Å². The lowest BCUT2D eigenvalue weighted by Gasteiger charge is -2.01. The molecular formula is C13H18ClN3. The average Bonchev–Trinajstić information content (AvgIpc) is 2.76. The third kappa shape index (κ3) is 3.72. The molecule has 0 saturated heterocycles. The van der Waals surface area contributed by atoms with Crippen LogP contribution in [0, 0.1) is 0 Å². The molecule has 0 radical (unpaired) electrons. The van der Waals surface area contributed by atoms with Gasteiger partial charge in [-0.25, -0.2) is 4.98 Å². The van der Waals surface area contributed by atoms with Crippen LogP contribution in [-0.2, 0) is 6.54 Å². The first-order valence-corrected chi connectivity index (χ1v) is 6.63. The number of nitrogens with zero attached hydrogens (tertiary/aromatic N) is 2. The maximum Gasteiger partial charge on any atom is 0.137 e. The zero-order valence-electron chi connectivity index (χ0n) is 9.90. The maximum atomic E-state index is 5.62. The SMILES string of the molecule is ClCCCCCNCc1cn2ccccc2n1.